The summed E-state index contributed by atoms with van der Waals surface area (Å²) in [5.74, 6) is -1.01. The number of aliphatic carboxylic acids is 1. The van der Waals surface area contributed by atoms with Gasteiger partial charge in [0.05, 0.1) is 6.42 Å². The highest BCUT2D eigenvalue weighted by atomic mass is 32.2. The SMILES string of the molecule is CCN(C(=O)c1ccc(SC)cc1)C(C)CC(=O)O. The van der Waals surface area contributed by atoms with E-state index in [1.54, 1.807) is 35.7 Å². The molecule has 0 saturated heterocycles. The maximum Gasteiger partial charge on any atom is 0.305 e. The van der Waals surface area contributed by atoms with Gasteiger partial charge >= 0.3 is 5.97 Å². The predicted molar refractivity (Wildman–Crippen MR) is 76.6 cm³/mol. The Kier molecular flexibility index (Phi) is 5.89. The van der Waals surface area contributed by atoms with Crippen LogP contribution in [0.1, 0.15) is 30.6 Å². The first-order valence-corrected chi connectivity index (χ1v) is 7.38. The third kappa shape index (κ3) is 4.28. The molecule has 1 atom stereocenters. The van der Waals surface area contributed by atoms with Crippen molar-refractivity contribution in [2.75, 3.05) is 12.8 Å². The molecule has 0 aliphatic rings. The number of hydrogen-bond donors (Lipinski definition) is 1. The van der Waals surface area contributed by atoms with E-state index in [9.17, 15) is 9.59 Å². The average molecular weight is 281 g/mol. The second-order valence-corrected chi connectivity index (χ2v) is 5.15. The molecular weight excluding hydrogens is 262 g/mol. The lowest BCUT2D eigenvalue weighted by Gasteiger charge is -2.27. The molecule has 0 bridgehead atoms. The Bertz CT molecular complexity index is 445. The summed E-state index contributed by atoms with van der Waals surface area (Å²) >= 11 is 1.62. The Balaban J connectivity index is 2.85. The van der Waals surface area contributed by atoms with Gasteiger partial charge < -0.3 is 10.0 Å². The number of nitrogens with zero attached hydrogens (tertiary/aromatic N) is 1. The normalized spacial score (nSPS) is 11.9. The van der Waals surface area contributed by atoms with Crippen molar-refractivity contribution >= 4 is 23.6 Å². The fourth-order valence-electron chi connectivity index (χ4n) is 1.92. The number of rotatable bonds is 6. The molecule has 0 saturated carbocycles. The quantitative estimate of drug-likeness (QED) is 0.815. The molecule has 1 unspecified atom stereocenters. The van der Waals surface area contributed by atoms with Crippen LogP contribution in [0.2, 0.25) is 0 Å². The maximum absolute atomic E-state index is 12.3. The molecule has 0 heterocycles. The van der Waals surface area contributed by atoms with Crippen LogP contribution >= 0.6 is 11.8 Å². The minimum Gasteiger partial charge on any atom is -0.481 e. The van der Waals surface area contributed by atoms with Crippen LogP contribution < -0.4 is 0 Å². The molecule has 1 rings (SSSR count). The topological polar surface area (TPSA) is 57.6 Å². The number of benzene rings is 1. The van der Waals surface area contributed by atoms with E-state index in [0.29, 0.717) is 12.1 Å². The summed E-state index contributed by atoms with van der Waals surface area (Å²) in [5, 5.41) is 8.81. The number of carbonyl (C=O) groups is 2. The number of thioether (sulfide) groups is 1. The van der Waals surface area contributed by atoms with Crippen LogP contribution in [0.5, 0.6) is 0 Å². The minimum atomic E-state index is -0.892. The first kappa shape index (κ1) is 15.6. The van der Waals surface area contributed by atoms with Crippen LogP contribution in [0.3, 0.4) is 0 Å². The van der Waals surface area contributed by atoms with Crippen LogP contribution in [-0.2, 0) is 4.79 Å². The van der Waals surface area contributed by atoms with E-state index in [0.717, 1.165) is 4.90 Å². The highest BCUT2D eigenvalue weighted by Gasteiger charge is 2.21. The first-order chi connectivity index (χ1) is 8.99. The van der Waals surface area contributed by atoms with Gasteiger partial charge in [-0.1, -0.05) is 0 Å². The first-order valence-electron chi connectivity index (χ1n) is 6.16. The van der Waals surface area contributed by atoms with Gasteiger partial charge in [0.2, 0.25) is 0 Å². The summed E-state index contributed by atoms with van der Waals surface area (Å²) in [5.41, 5.74) is 0.594. The lowest BCUT2D eigenvalue weighted by molar-refractivity contribution is -0.138. The highest BCUT2D eigenvalue weighted by molar-refractivity contribution is 7.98. The molecule has 0 spiro atoms. The maximum atomic E-state index is 12.3. The number of carboxylic acids is 1. The van der Waals surface area contributed by atoms with Gasteiger partial charge in [-0.15, -0.1) is 11.8 Å². The Morgan fingerprint density at radius 3 is 2.32 bits per heavy atom. The highest BCUT2D eigenvalue weighted by Crippen LogP contribution is 2.17. The molecule has 1 N–H and O–H groups in total. The van der Waals surface area contributed by atoms with E-state index in [4.69, 9.17) is 5.11 Å². The zero-order valence-electron chi connectivity index (χ0n) is 11.4. The van der Waals surface area contributed by atoms with Gasteiger partial charge in [-0.25, -0.2) is 0 Å². The van der Waals surface area contributed by atoms with Gasteiger partial charge in [0.1, 0.15) is 0 Å². The molecule has 0 aliphatic heterocycles. The van der Waals surface area contributed by atoms with Crippen molar-refractivity contribution in [1.82, 2.24) is 4.90 Å². The van der Waals surface area contributed by atoms with E-state index in [1.165, 1.54) is 0 Å². The second kappa shape index (κ2) is 7.19. The molecule has 1 aromatic rings. The Labute approximate surface area is 117 Å². The molecule has 104 valence electrons. The standard InChI is InChI=1S/C14H19NO3S/c1-4-15(10(2)9-13(16)17)14(18)11-5-7-12(19-3)8-6-11/h5-8,10H,4,9H2,1-3H3,(H,16,17). The van der Waals surface area contributed by atoms with E-state index in [1.807, 2.05) is 25.3 Å². The second-order valence-electron chi connectivity index (χ2n) is 4.27. The van der Waals surface area contributed by atoms with E-state index in [-0.39, 0.29) is 18.4 Å². The number of amides is 1. The summed E-state index contributed by atoms with van der Waals surface area (Å²) in [4.78, 5) is 25.7. The van der Waals surface area contributed by atoms with Gasteiger partial charge in [0.25, 0.3) is 5.91 Å². The Morgan fingerprint density at radius 2 is 1.89 bits per heavy atom. The molecule has 0 aliphatic carbocycles. The van der Waals surface area contributed by atoms with Crippen molar-refractivity contribution in [3.8, 4) is 0 Å². The van der Waals surface area contributed by atoms with Crippen LogP contribution in [0, 0.1) is 0 Å². The minimum absolute atomic E-state index is 0.0392. The largest absolute Gasteiger partial charge is 0.481 e. The van der Waals surface area contributed by atoms with Crippen LogP contribution in [0.4, 0.5) is 0 Å². The Morgan fingerprint density at radius 1 is 1.32 bits per heavy atom. The van der Waals surface area contributed by atoms with Gasteiger partial charge in [-0.2, -0.15) is 0 Å². The summed E-state index contributed by atoms with van der Waals surface area (Å²) < 4.78 is 0. The van der Waals surface area contributed by atoms with Crippen molar-refractivity contribution in [3.63, 3.8) is 0 Å². The summed E-state index contributed by atoms with van der Waals surface area (Å²) in [6.45, 7) is 4.11. The zero-order valence-corrected chi connectivity index (χ0v) is 12.2. The van der Waals surface area contributed by atoms with Gasteiger partial charge in [0.15, 0.2) is 0 Å². The van der Waals surface area contributed by atoms with Crippen LogP contribution in [-0.4, -0.2) is 40.7 Å². The van der Waals surface area contributed by atoms with Crippen molar-refractivity contribution in [1.29, 1.82) is 0 Å². The molecule has 0 aromatic heterocycles. The number of hydrogen-bond acceptors (Lipinski definition) is 3. The summed E-state index contributed by atoms with van der Waals surface area (Å²) in [6, 6.07) is 7.05. The third-order valence-electron chi connectivity index (χ3n) is 2.94. The van der Waals surface area contributed by atoms with Crippen molar-refractivity contribution < 1.29 is 14.7 Å². The van der Waals surface area contributed by atoms with Gasteiger partial charge in [-0.05, 0) is 44.4 Å². The molecular formula is C14H19NO3S. The third-order valence-corrected chi connectivity index (χ3v) is 3.68. The van der Waals surface area contributed by atoms with Crippen molar-refractivity contribution in [2.24, 2.45) is 0 Å². The number of carbonyl (C=O) groups excluding carboxylic acids is 1. The smallest absolute Gasteiger partial charge is 0.305 e. The zero-order chi connectivity index (χ0) is 14.4. The lowest BCUT2D eigenvalue weighted by Crippen LogP contribution is -2.39. The molecule has 5 heteroatoms. The molecule has 19 heavy (non-hydrogen) atoms. The van der Waals surface area contributed by atoms with Crippen LogP contribution in [0.15, 0.2) is 29.2 Å². The monoisotopic (exact) mass is 281 g/mol. The molecule has 0 radical (unpaired) electrons. The average Bonchev–Trinajstić information content (AvgIpc) is 2.38. The van der Waals surface area contributed by atoms with Crippen molar-refractivity contribution in [2.45, 2.75) is 31.2 Å². The van der Waals surface area contributed by atoms with Crippen molar-refractivity contribution in [3.05, 3.63) is 29.8 Å². The fraction of sp³-hybridized carbons (Fsp3) is 0.429. The van der Waals surface area contributed by atoms with Gasteiger partial charge in [-0.3, -0.25) is 9.59 Å². The molecule has 0 fully saturated rings. The molecule has 1 aromatic carbocycles. The van der Waals surface area contributed by atoms with E-state index >= 15 is 0 Å². The summed E-state index contributed by atoms with van der Waals surface area (Å²) in [6.07, 6.45) is 1.94. The number of carboxylic acid groups (broad SMARTS) is 1. The molecule has 1 amide bonds. The predicted octanol–water partition coefficient (Wildman–Crippen LogP) is 2.73. The summed E-state index contributed by atoms with van der Waals surface area (Å²) in [7, 11) is 0. The Hall–Kier alpha value is -1.49. The molecule has 4 nitrogen and oxygen atoms in total. The van der Waals surface area contributed by atoms with E-state index in [2.05, 4.69) is 0 Å². The lowest BCUT2D eigenvalue weighted by atomic mass is 10.1. The van der Waals surface area contributed by atoms with Crippen LogP contribution in [0.25, 0.3) is 0 Å². The van der Waals surface area contributed by atoms with Gasteiger partial charge in [0, 0.05) is 23.0 Å². The fourth-order valence-corrected chi connectivity index (χ4v) is 2.33. The van der Waals surface area contributed by atoms with E-state index < -0.39 is 5.97 Å².